The standard InChI is InChI=1S/C27H27ClN4O.ClH/c1-17-25(21-14-13-20(33-2)15-23(21)28)26-29-24-10-6-9-22(24)27(32(26)30-17)31(19-11-12-19)16-18-7-4-3-5-8-18;/h3-5,7-8,13-15,19H,6,9-12,16H2,1-2H3;1H. The SMILES string of the molecule is COc1ccc(-c2c(C)nn3c(N(Cc4ccccc4)C4CC4)c4c(nc23)CCC4)c(Cl)c1.Cl. The average molecular weight is 495 g/mol. The molecule has 2 aliphatic carbocycles. The fourth-order valence-electron chi connectivity index (χ4n) is 5.09. The minimum atomic E-state index is 0. The lowest BCUT2D eigenvalue weighted by Gasteiger charge is -2.27. The van der Waals surface area contributed by atoms with Crippen molar-refractivity contribution in [2.24, 2.45) is 0 Å². The van der Waals surface area contributed by atoms with Gasteiger partial charge in [0.25, 0.3) is 0 Å². The summed E-state index contributed by atoms with van der Waals surface area (Å²) in [4.78, 5) is 7.72. The zero-order chi connectivity index (χ0) is 22.5. The lowest BCUT2D eigenvalue weighted by Crippen LogP contribution is -2.29. The Hall–Kier alpha value is -2.76. The summed E-state index contributed by atoms with van der Waals surface area (Å²) in [6.45, 7) is 2.94. The number of halogens is 2. The molecule has 0 unspecified atom stereocenters. The molecule has 34 heavy (non-hydrogen) atoms. The first-order chi connectivity index (χ1) is 16.1. The van der Waals surface area contributed by atoms with Gasteiger partial charge >= 0.3 is 0 Å². The third kappa shape index (κ3) is 3.91. The number of fused-ring (bicyclic) bond motifs is 2. The summed E-state index contributed by atoms with van der Waals surface area (Å²) in [5.74, 6) is 1.97. The molecule has 0 spiro atoms. The summed E-state index contributed by atoms with van der Waals surface area (Å²) in [6, 6.07) is 17.1. The van der Waals surface area contributed by atoms with Crippen molar-refractivity contribution in [3.63, 3.8) is 0 Å². The molecule has 0 radical (unpaired) electrons. The van der Waals surface area contributed by atoms with Crippen molar-refractivity contribution in [1.82, 2.24) is 14.6 Å². The van der Waals surface area contributed by atoms with Crippen LogP contribution in [-0.2, 0) is 19.4 Å². The van der Waals surface area contributed by atoms with Gasteiger partial charge in [0.05, 0.1) is 23.4 Å². The highest BCUT2D eigenvalue weighted by Crippen LogP contribution is 2.42. The number of aryl methyl sites for hydroxylation is 2. The quantitative estimate of drug-likeness (QED) is 0.309. The second-order valence-corrected chi connectivity index (χ2v) is 9.51. The number of rotatable bonds is 6. The molecule has 2 aromatic carbocycles. The Morgan fingerprint density at radius 1 is 1.12 bits per heavy atom. The molecule has 1 fully saturated rings. The molecule has 4 aromatic rings. The fourth-order valence-corrected chi connectivity index (χ4v) is 5.36. The molecule has 0 aliphatic heterocycles. The maximum absolute atomic E-state index is 6.70. The predicted molar refractivity (Wildman–Crippen MR) is 140 cm³/mol. The van der Waals surface area contributed by atoms with E-state index >= 15 is 0 Å². The van der Waals surface area contributed by atoms with Crippen molar-refractivity contribution in [2.75, 3.05) is 12.0 Å². The summed E-state index contributed by atoms with van der Waals surface area (Å²) >= 11 is 6.70. The Bertz CT molecular complexity index is 1350. The van der Waals surface area contributed by atoms with Crippen LogP contribution in [0.2, 0.25) is 5.02 Å². The van der Waals surface area contributed by atoms with Crippen molar-refractivity contribution < 1.29 is 4.74 Å². The first kappa shape index (κ1) is 23.0. The summed E-state index contributed by atoms with van der Waals surface area (Å²) in [6.07, 6.45) is 5.67. The highest BCUT2D eigenvalue weighted by Gasteiger charge is 2.35. The zero-order valence-electron chi connectivity index (χ0n) is 19.4. The Morgan fingerprint density at radius 2 is 1.91 bits per heavy atom. The van der Waals surface area contributed by atoms with Gasteiger partial charge in [-0.05, 0) is 62.8 Å². The van der Waals surface area contributed by atoms with Gasteiger partial charge in [-0.25, -0.2) is 4.98 Å². The number of hydrogen-bond acceptors (Lipinski definition) is 4. The second kappa shape index (κ2) is 9.12. The van der Waals surface area contributed by atoms with Crippen LogP contribution in [0.4, 0.5) is 5.82 Å². The topological polar surface area (TPSA) is 42.7 Å². The number of anilines is 1. The van der Waals surface area contributed by atoms with Crippen LogP contribution in [0.25, 0.3) is 16.8 Å². The van der Waals surface area contributed by atoms with Crippen molar-refractivity contribution in [1.29, 1.82) is 0 Å². The molecule has 2 heterocycles. The van der Waals surface area contributed by atoms with Crippen molar-refractivity contribution in [2.45, 2.75) is 51.6 Å². The van der Waals surface area contributed by atoms with E-state index in [-0.39, 0.29) is 12.4 Å². The van der Waals surface area contributed by atoms with Gasteiger partial charge in [0.1, 0.15) is 11.6 Å². The Kier molecular flexibility index (Phi) is 6.17. The molecule has 176 valence electrons. The Morgan fingerprint density at radius 3 is 2.62 bits per heavy atom. The van der Waals surface area contributed by atoms with Crippen LogP contribution in [0.5, 0.6) is 5.75 Å². The molecular weight excluding hydrogens is 467 g/mol. The van der Waals surface area contributed by atoms with Crippen molar-refractivity contribution >= 4 is 35.5 Å². The minimum Gasteiger partial charge on any atom is -0.497 e. The molecule has 0 saturated heterocycles. The van der Waals surface area contributed by atoms with Crippen LogP contribution >= 0.6 is 24.0 Å². The summed E-state index contributed by atoms with van der Waals surface area (Å²) in [5, 5.41) is 5.70. The molecule has 6 rings (SSSR count). The number of methoxy groups -OCH3 is 1. The van der Waals surface area contributed by atoms with Crippen molar-refractivity contribution in [3.05, 3.63) is 76.1 Å². The van der Waals surface area contributed by atoms with E-state index in [0.717, 1.165) is 54.0 Å². The molecule has 0 atom stereocenters. The van der Waals surface area contributed by atoms with Gasteiger partial charge in [-0.1, -0.05) is 41.9 Å². The zero-order valence-corrected chi connectivity index (χ0v) is 21.0. The van der Waals surface area contributed by atoms with Gasteiger partial charge in [0, 0.05) is 29.4 Å². The lowest BCUT2D eigenvalue weighted by atomic mass is 10.1. The van der Waals surface area contributed by atoms with Crippen LogP contribution in [0.3, 0.4) is 0 Å². The van der Waals surface area contributed by atoms with E-state index in [2.05, 4.69) is 46.7 Å². The largest absolute Gasteiger partial charge is 0.497 e. The van der Waals surface area contributed by atoms with Crippen molar-refractivity contribution in [3.8, 4) is 16.9 Å². The number of benzene rings is 2. The molecule has 0 bridgehead atoms. The molecular formula is C27H28Cl2N4O. The fraction of sp³-hybridized carbons (Fsp3) is 0.333. The maximum atomic E-state index is 6.70. The molecule has 1 saturated carbocycles. The number of nitrogens with zero attached hydrogens (tertiary/aromatic N) is 4. The number of ether oxygens (including phenoxy) is 1. The van der Waals surface area contributed by atoms with E-state index in [1.165, 1.54) is 35.5 Å². The summed E-state index contributed by atoms with van der Waals surface area (Å²) < 4.78 is 7.45. The highest BCUT2D eigenvalue weighted by molar-refractivity contribution is 6.33. The monoisotopic (exact) mass is 494 g/mol. The summed E-state index contributed by atoms with van der Waals surface area (Å²) in [5.41, 5.74) is 7.69. The molecule has 2 aliphatic rings. The third-order valence-corrected chi connectivity index (χ3v) is 7.15. The Labute approximate surface area is 211 Å². The smallest absolute Gasteiger partial charge is 0.165 e. The second-order valence-electron chi connectivity index (χ2n) is 9.10. The van der Waals surface area contributed by atoms with E-state index in [1.807, 2.05) is 18.2 Å². The van der Waals surface area contributed by atoms with Crippen LogP contribution in [0.1, 0.15) is 41.8 Å². The van der Waals surface area contributed by atoms with Gasteiger partial charge in [-0.15, -0.1) is 12.4 Å². The van der Waals surface area contributed by atoms with Crippen LogP contribution in [-0.4, -0.2) is 27.7 Å². The normalized spacial score (nSPS) is 14.7. The molecule has 5 nitrogen and oxygen atoms in total. The predicted octanol–water partition coefficient (Wildman–Crippen LogP) is 6.45. The van der Waals surface area contributed by atoms with Crippen LogP contribution in [0, 0.1) is 6.92 Å². The van der Waals surface area contributed by atoms with Crippen LogP contribution in [0.15, 0.2) is 48.5 Å². The average Bonchev–Trinajstić information content (AvgIpc) is 3.48. The van der Waals surface area contributed by atoms with E-state index in [9.17, 15) is 0 Å². The highest BCUT2D eigenvalue weighted by atomic mass is 35.5. The maximum Gasteiger partial charge on any atom is 0.165 e. The first-order valence-corrected chi connectivity index (χ1v) is 12.1. The Balaban J connectivity index is 0.00000241. The molecule has 0 N–H and O–H groups in total. The van der Waals surface area contributed by atoms with Gasteiger partial charge in [-0.2, -0.15) is 9.61 Å². The van der Waals surface area contributed by atoms with Gasteiger partial charge < -0.3 is 9.64 Å². The van der Waals surface area contributed by atoms with E-state index < -0.39 is 0 Å². The molecule has 0 amide bonds. The van der Waals surface area contributed by atoms with Gasteiger partial charge in [0.15, 0.2) is 5.65 Å². The third-order valence-electron chi connectivity index (χ3n) is 6.84. The minimum absolute atomic E-state index is 0. The lowest BCUT2D eigenvalue weighted by molar-refractivity contribution is 0.415. The van der Waals surface area contributed by atoms with E-state index in [1.54, 1.807) is 7.11 Å². The van der Waals surface area contributed by atoms with Crippen LogP contribution < -0.4 is 9.64 Å². The molecule has 7 heteroatoms. The van der Waals surface area contributed by atoms with E-state index in [4.69, 9.17) is 26.4 Å². The van der Waals surface area contributed by atoms with Gasteiger partial charge in [0.2, 0.25) is 0 Å². The summed E-state index contributed by atoms with van der Waals surface area (Å²) in [7, 11) is 1.66. The van der Waals surface area contributed by atoms with Gasteiger partial charge in [-0.3, -0.25) is 0 Å². The first-order valence-electron chi connectivity index (χ1n) is 11.7. The number of aromatic nitrogens is 3. The molecule has 2 aromatic heterocycles. The number of hydrogen-bond donors (Lipinski definition) is 0. The van der Waals surface area contributed by atoms with E-state index in [0.29, 0.717) is 11.1 Å².